The lowest BCUT2D eigenvalue weighted by molar-refractivity contribution is -0.154. The zero-order valence-electron chi connectivity index (χ0n) is 14.2. The van der Waals surface area contributed by atoms with E-state index in [9.17, 15) is 9.59 Å². The highest BCUT2D eigenvalue weighted by molar-refractivity contribution is 9.10. The minimum absolute atomic E-state index is 0.241. The number of carbonyl (C=O) groups is 2. The summed E-state index contributed by atoms with van der Waals surface area (Å²) in [5, 5.41) is 0. The van der Waals surface area contributed by atoms with Crippen LogP contribution in [0.3, 0.4) is 0 Å². The van der Waals surface area contributed by atoms with Crippen molar-refractivity contribution in [1.82, 2.24) is 4.90 Å². The standard InChI is InChI=1S/C20H20BrNO3/c1-15(20(24)22(2)14-17-6-4-3-5-7-17)25-19(23)13-10-16-8-11-18(21)12-9-16/h3-13,15H,14H2,1-2H3/b13-10+/t15-/m1/s1. The molecule has 2 aromatic rings. The Kier molecular flexibility index (Phi) is 6.95. The predicted octanol–water partition coefficient (Wildman–Crippen LogP) is 4.05. The molecule has 0 heterocycles. The Bertz CT molecular complexity index is 741. The molecule has 0 unspecified atom stereocenters. The topological polar surface area (TPSA) is 46.6 Å². The maximum atomic E-state index is 12.3. The number of esters is 1. The van der Waals surface area contributed by atoms with Gasteiger partial charge in [0.2, 0.25) is 0 Å². The summed E-state index contributed by atoms with van der Waals surface area (Å²) in [5.41, 5.74) is 1.90. The molecule has 0 spiro atoms. The van der Waals surface area contributed by atoms with Gasteiger partial charge in [-0.25, -0.2) is 4.79 Å². The molecule has 0 N–H and O–H groups in total. The van der Waals surface area contributed by atoms with Crippen LogP contribution in [0.5, 0.6) is 0 Å². The second-order valence-electron chi connectivity index (χ2n) is 5.64. The fraction of sp³-hybridized carbons (Fsp3) is 0.200. The molecule has 4 nitrogen and oxygen atoms in total. The Morgan fingerprint density at radius 3 is 2.40 bits per heavy atom. The van der Waals surface area contributed by atoms with E-state index in [1.165, 1.54) is 6.08 Å². The maximum Gasteiger partial charge on any atom is 0.331 e. The number of nitrogens with zero attached hydrogens (tertiary/aromatic N) is 1. The zero-order valence-corrected chi connectivity index (χ0v) is 15.8. The van der Waals surface area contributed by atoms with Gasteiger partial charge in [-0.15, -0.1) is 0 Å². The third kappa shape index (κ3) is 6.19. The van der Waals surface area contributed by atoms with Crippen LogP contribution in [-0.4, -0.2) is 29.9 Å². The second-order valence-corrected chi connectivity index (χ2v) is 6.56. The van der Waals surface area contributed by atoms with Crippen molar-refractivity contribution in [3.05, 3.63) is 76.3 Å². The summed E-state index contributed by atoms with van der Waals surface area (Å²) >= 11 is 3.35. The van der Waals surface area contributed by atoms with E-state index in [1.807, 2.05) is 54.6 Å². The Labute approximate surface area is 156 Å². The summed E-state index contributed by atoms with van der Waals surface area (Å²) in [6.07, 6.45) is 2.14. The Morgan fingerprint density at radius 2 is 1.76 bits per heavy atom. The largest absolute Gasteiger partial charge is 0.449 e. The summed E-state index contributed by atoms with van der Waals surface area (Å²) in [4.78, 5) is 25.8. The zero-order chi connectivity index (χ0) is 18.2. The fourth-order valence-corrected chi connectivity index (χ4v) is 2.51. The Morgan fingerprint density at radius 1 is 1.12 bits per heavy atom. The second kappa shape index (κ2) is 9.18. The molecular weight excluding hydrogens is 382 g/mol. The summed E-state index contributed by atoms with van der Waals surface area (Å²) in [5.74, 6) is -0.786. The number of hydrogen-bond acceptors (Lipinski definition) is 3. The monoisotopic (exact) mass is 401 g/mol. The molecule has 25 heavy (non-hydrogen) atoms. The Hall–Kier alpha value is -2.40. The minimum Gasteiger partial charge on any atom is -0.449 e. The third-order valence-electron chi connectivity index (χ3n) is 3.56. The molecule has 0 aromatic heterocycles. The highest BCUT2D eigenvalue weighted by atomic mass is 79.9. The highest BCUT2D eigenvalue weighted by Crippen LogP contribution is 2.12. The summed E-state index contributed by atoms with van der Waals surface area (Å²) < 4.78 is 6.16. The van der Waals surface area contributed by atoms with E-state index in [0.29, 0.717) is 6.54 Å². The molecule has 5 heteroatoms. The molecule has 0 saturated carbocycles. The molecule has 130 valence electrons. The van der Waals surface area contributed by atoms with Crippen molar-refractivity contribution < 1.29 is 14.3 Å². The molecule has 0 radical (unpaired) electrons. The van der Waals surface area contributed by atoms with Crippen molar-refractivity contribution in [3.63, 3.8) is 0 Å². The van der Waals surface area contributed by atoms with Crippen LogP contribution in [0.15, 0.2) is 65.1 Å². The third-order valence-corrected chi connectivity index (χ3v) is 4.09. The normalized spacial score (nSPS) is 12.0. The van der Waals surface area contributed by atoms with E-state index in [4.69, 9.17) is 4.74 Å². The van der Waals surface area contributed by atoms with Crippen molar-refractivity contribution in [3.8, 4) is 0 Å². The van der Waals surface area contributed by atoms with Crippen LogP contribution in [0.1, 0.15) is 18.1 Å². The maximum absolute atomic E-state index is 12.3. The predicted molar refractivity (Wildman–Crippen MR) is 102 cm³/mol. The molecule has 2 rings (SSSR count). The molecule has 1 atom stereocenters. The average Bonchev–Trinajstić information content (AvgIpc) is 2.61. The van der Waals surface area contributed by atoms with Gasteiger partial charge in [-0.1, -0.05) is 58.4 Å². The molecule has 0 saturated heterocycles. The number of likely N-dealkylation sites (N-methyl/N-ethyl adjacent to an activating group) is 1. The number of benzene rings is 2. The number of rotatable bonds is 6. The van der Waals surface area contributed by atoms with Crippen LogP contribution in [0.2, 0.25) is 0 Å². The van der Waals surface area contributed by atoms with E-state index in [2.05, 4.69) is 15.9 Å². The molecular formula is C20H20BrNO3. The van der Waals surface area contributed by atoms with E-state index in [-0.39, 0.29) is 5.91 Å². The van der Waals surface area contributed by atoms with Crippen molar-refractivity contribution in [1.29, 1.82) is 0 Å². The van der Waals surface area contributed by atoms with E-state index >= 15 is 0 Å². The lowest BCUT2D eigenvalue weighted by Crippen LogP contribution is -2.36. The average molecular weight is 402 g/mol. The first-order valence-electron chi connectivity index (χ1n) is 7.89. The fourth-order valence-electron chi connectivity index (χ4n) is 2.25. The van der Waals surface area contributed by atoms with Crippen LogP contribution in [0.4, 0.5) is 0 Å². The smallest absolute Gasteiger partial charge is 0.331 e. The van der Waals surface area contributed by atoms with Crippen LogP contribution in [0, 0.1) is 0 Å². The van der Waals surface area contributed by atoms with Gasteiger partial charge in [-0.2, -0.15) is 0 Å². The van der Waals surface area contributed by atoms with Crippen molar-refractivity contribution in [2.24, 2.45) is 0 Å². The first-order chi connectivity index (χ1) is 12.0. The van der Waals surface area contributed by atoms with Crippen LogP contribution < -0.4 is 0 Å². The van der Waals surface area contributed by atoms with Gasteiger partial charge in [0.25, 0.3) is 5.91 Å². The number of ether oxygens (including phenoxy) is 1. The van der Waals surface area contributed by atoms with Gasteiger partial charge >= 0.3 is 5.97 Å². The van der Waals surface area contributed by atoms with Crippen LogP contribution in [-0.2, 0) is 20.9 Å². The number of amides is 1. The van der Waals surface area contributed by atoms with Gasteiger partial charge in [-0.05, 0) is 36.3 Å². The SMILES string of the molecule is C[C@@H](OC(=O)/C=C/c1ccc(Br)cc1)C(=O)N(C)Cc1ccccc1. The van der Waals surface area contributed by atoms with Crippen molar-refractivity contribution in [2.75, 3.05) is 7.05 Å². The lowest BCUT2D eigenvalue weighted by Gasteiger charge is -2.21. The molecule has 2 aromatic carbocycles. The van der Waals surface area contributed by atoms with Crippen molar-refractivity contribution >= 4 is 33.9 Å². The Balaban J connectivity index is 1.87. The summed E-state index contributed by atoms with van der Waals surface area (Å²) in [7, 11) is 1.69. The molecule has 0 aliphatic carbocycles. The van der Waals surface area contributed by atoms with E-state index in [0.717, 1.165) is 15.6 Å². The summed E-state index contributed by atoms with van der Waals surface area (Å²) in [6.45, 7) is 2.05. The van der Waals surface area contributed by atoms with Crippen LogP contribution in [0.25, 0.3) is 6.08 Å². The van der Waals surface area contributed by atoms with Crippen LogP contribution >= 0.6 is 15.9 Å². The first-order valence-corrected chi connectivity index (χ1v) is 8.68. The van der Waals surface area contributed by atoms with E-state index in [1.54, 1.807) is 24.9 Å². The first kappa shape index (κ1) is 18.9. The summed E-state index contributed by atoms with van der Waals surface area (Å²) in [6, 6.07) is 17.2. The van der Waals surface area contributed by atoms with Gasteiger partial charge in [0.15, 0.2) is 6.10 Å². The molecule has 0 bridgehead atoms. The molecule has 0 aliphatic heterocycles. The lowest BCUT2D eigenvalue weighted by atomic mass is 10.2. The number of hydrogen-bond donors (Lipinski definition) is 0. The van der Waals surface area contributed by atoms with E-state index < -0.39 is 12.1 Å². The molecule has 0 fully saturated rings. The molecule has 0 aliphatic rings. The number of carbonyl (C=O) groups excluding carboxylic acids is 2. The molecule has 1 amide bonds. The van der Waals surface area contributed by atoms with Gasteiger partial charge in [0.1, 0.15) is 0 Å². The highest BCUT2D eigenvalue weighted by Gasteiger charge is 2.20. The van der Waals surface area contributed by atoms with Gasteiger partial charge in [0, 0.05) is 24.1 Å². The van der Waals surface area contributed by atoms with Gasteiger partial charge < -0.3 is 9.64 Å². The number of halogens is 1. The quantitative estimate of drug-likeness (QED) is 0.541. The van der Waals surface area contributed by atoms with Gasteiger partial charge in [-0.3, -0.25) is 4.79 Å². The van der Waals surface area contributed by atoms with Crippen molar-refractivity contribution in [2.45, 2.75) is 19.6 Å². The minimum atomic E-state index is -0.837. The van der Waals surface area contributed by atoms with Gasteiger partial charge in [0.05, 0.1) is 0 Å².